The Kier molecular flexibility index (Phi) is 6.58. The maximum Gasteiger partial charge on any atom is 0.257 e. The maximum atomic E-state index is 12.7. The van der Waals surface area contributed by atoms with Gasteiger partial charge in [0.2, 0.25) is 5.91 Å². The Bertz CT molecular complexity index is 1060. The number of amides is 1. The summed E-state index contributed by atoms with van der Waals surface area (Å²) in [5.74, 6) is 2.82. The Morgan fingerprint density at radius 1 is 1.09 bits per heavy atom. The van der Waals surface area contributed by atoms with Crippen LogP contribution in [-0.4, -0.2) is 43.4 Å². The number of carbonyl (C=O) groups excluding carboxylic acids is 1. The Morgan fingerprint density at radius 2 is 1.88 bits per heavy atom. The highest BCUT2D eigenvalue weighted by atomic mass is 16.5. The zero-order chi connectivity index (χ0) is 22.5. The first kappa shape index (κ1) is 21.7. The van der Waals surface area contributed by atoms with Crippen LogP contribution in [0, 0.1) is 0 Å². The number of anilines is 1. The van der Waals surface area contributed by atoms with E-state index in [0.29, 0.717) is 48.5 Å². The summed E-state index contributed by atoms with van der Waals surface area (Å²) in [5, 5.41) is 4.14. The Balaban J connectivity index is 1.47. The average molecular weight is 437 g/mol. The molecule has 0 aliphatic carbocycles. The predicted octanol–water partition coefficient (Wildman–Crippen LogP) is 4.45. The largest absolute Gasteiger partial charge is 0.497 e. The van der Waals surface area contributed by atoms with Crippen LogP contribution in [0.5, 0.6) is 17.2 Å². The summed E-state index contributed by atoms with van der Waals surface area (Å²) in [6.45, 7) is 3.28. The average Bonchev–Trinajstić information content (AvgIpc) is 3.46. The number of unbranched alkanes of at least 4 members (excludes halogenated alkanes) is 1. The van der Waals surface area contributed by atoms with Crippen molar-refractivity contribution in [2.45, 2.75) is 32.1 Å². The van der Waals surface area contributed by atoms with Gasteiger partial charge in [-0.25, -0.2) is 0 Å². The molecule has 0 saturated carbocycles. The molecular weight excluding hydrogens is 410 g/mol. The SMILES string of the molecule is CCCCOc1ccc(-c2nc(C3CC(=O)N(c4ccc(OC)cc4OC)C3)no2)cc1. The summed E-state index contributed by atoms with van der Waals surface area (Å²) in [6.07, 6.45) is 2.42. The molecule has 8 nitrogen and oxygen atoms in total. The van der Waals surface area contributed by atoms with Crippen LogP contribution in [0.25, 0.3) is 11.5 Å². The van der Waals surface area contributed by atoms with E-state index < -0.39 is 0 Å². The van der Waals surface area contributed by atoms with E-state index >= 15 is 0 Å². The van der Waals surface area contributed by atoms with Crippen LogP contribution in [0.1, 0.15) is 37.9 Å². The fraction of sp³-hybridized carbons (Fsp3) is 0.375. The van der Waals surface area contributed by atoms with E-state index in [-0.39, 0.29) is 11.8 Å². The lowest BCUT2D eigenvalue weighted by Gasteiger charge is -2.19. The van der Waals surface area contributed by atoms with Gasteiger partial charge in [-0.05, 0) is 42.8 Å². The van der Waals surface area contributed by atoms with Crippen LogP contribution in [-0.2, 0) is 4.79 Å². The number of nitrogens with zero attached hydrogens (tertiary/aromatic N) is 3. The third-order valence-electron chi connectivity index (χ3n) is 5.48. The summed E-state index contributed by atoms with van der Waals surface area (Å²) in [5.41, 5.74) is 1.51. The van der Waals surface area contributed by atoms with E-state index in [2.05, 4.69) is 17.1 Å². The second-order valence-electron chi connectivity index (χ2n) is 7.63. The third kappa shape index (κ3) is 4.54. The van der Waals surface area contributed by atoms with Crippen LogP contribution >= 0.6 is 0 Å². The van der Waals surface area contributed by atoms with Gasteiger partial charge in [0.1, 0.15) is 17.2 Å². The van der Waals surface area contributed by atoms with Crippen LogP contribution in [0.3, 0.4) is 0 Å². The van der Waals surface area contributed by atoms with Gasteiger partial charge in [-0.2, -0.15) is 4.98 Å². The fourth-order valence-corrected chi connectivity index (χ4v) is 3.67. The second kappa shape index (κ2) is 9.72. The normalized spacial score (nSPS) is 15.8. The minimum atomic E-state index is -0.163. The summed E-state index contributed by atoms with van der Waals surface area (Å²) in [4.78, 5) is 19.0. The molecule has 4 rings (SSSR count). The number of methoxy groups -OCH3 is 2. The highest BCUT2D eigenvalue weighted by Gasteiger charge is 2.36. The molecule has 32 heavy (non-hydrogen) atoms. The van der Waals surface area contributed by atoms with Gasteiger partial charge in [-0.15, -0.1) is 0 Å². The molecule has 1 aromatic heterocycles. The van der Waals surface area contributed by atoms with Gasteiger partial charge in [0, 0.05) is 30.5 Å². The lowest BCUT2D eigenvalue weighted by Crippen LogP contribution is -2.24. The zero-order valence-corrected chi connectivity index (χ0v) is 18.5. The molecule has 0 radical (unpaired) electrons. The van der Waals surface area contributed by atoms with Gasteiger partial charge in [-0.3, -0.25) is 4.79 Å². The van der Waals surface area contributed by atoms with Crippen molar-refractivity contribution >= 4 is 11.6 Å². The first-order valence-electron chi connectivity index (χ1n) is 10.7. The van der Waals surface area contributed by atoms with E-state index in [9.17, 15) is 4.79 Å². The van der Waals surface area contributed by atoms with Crippen LogP contribution < -0.4 is 19.1 Å². The monoisotopic (exact) mass is 437 g/mol. The first-order chi connectivity index (χ1) is 15.6. The Labute approximate surface area is 187 Å². The number of aromatic nitrogens is 2. The van der Waals surface area contributed by atoms with Crippen molar-refractivity contribution in [3.63, 3.8) is 0 Å². The topological polar surface area (TPSA) is 86.9 Å². The molecule has 168 valence electrons. The number of rotatable bonds is 9. The quantitative estimate of drug-likeness (QED) is 0.457. The van der Waals surface area contributed by atoms with Gasteiger partial charge in [0.05, 0.1) is 26.5 Å². The van der Waals surface area contributed by atoms with Crippen molar-refractivity contribution in [3.05, 3.63) is 48.3 Å². The van der Waals surface area contributed by atoms with Crippen molar-refractivity contribution in [1.29, 1.82) is 0 Å². The molecule has 2 aromatic carbocycles. The number of benzene rings is 2. The lowest BCUT2D eigenvalue weighted by atomic mass is 10.1. The van der Waals surface area contributed by atoms with E-state index in [1.54, 1.807) is 31.3 Å². The second-order valence-corrected chi connectivity index (χ2v) is 7.63. The zero-order valence-electron chi connectivity index (χ0n) is 18.5. The molecule has 1 amide bonds. The molecule has 8 heteroatoms. The van der Waals surface area contributed by atoms with Gasteiger partial charge < -0.3 is 23.6 Å². The number of carbonyl (C=O) groups is 1. The van der Waals surface area contributed by atoms with Gasteiger partial charge in [-0.1, -0.05) is 18.5 Å². The molecular formula is C24H27N3O5. The highest BCUT2D eigenvalue weighted by molar-refractivity contribution is 5.97. The highest BCUT2D eigenvalue weighted by Crippen LogP contribution is 2.38. The van der Waals surface area contributed by atoms with Gasteiger partial charge in [0.15, 0.2) is 5.82 Å². The van der Waals surface area contributed by atoms with E-state index in [4.69, 9.17) is 18.7 Å². The summed E-state index contributed by atoms with van der Waals surface area (Å²) in [6, 6.07) is 13.0. The fourth-order valence-electron chi connectivity index (χ4n) is 3.67. The smallest absolute Gasteiger partial charge is 0.257 e. The molecule has 1 aliphatic rings. The van der Waals surface area contributed by atoms with Gasteiger partial charge >= 0.3 is 0 Å². The van der Waals surface area contributed by atoms with E-state index in [1.165, 1.54) is 0 Å². The predicted molar refractivity (Wildman–Crippen MR) is 119 cm³/mol. The van der Waals surface area contributed by atoms with Crippen molar-refractivity contribution < 1.29 is 23.5 Å². The first-order valence-corrected chi connectivity index (χ1v) is 10.7. The molecule has 0 spiro atoms. The molecule has 1 atom stereocenters. The van der Waals surface area contributed by atoms with Crippen LogP contribution in [0.15, 0.2) is 47.0 Å². The molecule has 1 saturated heterocycles. The number of hydrogen-bond donors (Lipinski definition) is 0. The van der Waals surface area contributed by atoms with Crippen molar-refractivity contribution in [1.82, 2.24) is 10.1 Å². The number of hydrogen-bond acceptors (Lipinski definition) is 7. The molecule has 2 heterocycles. The maximum absolute atomic E-state index is 12.7. The van der Waals surface area contributed by atoms with Gasteiger partial charge in [0.25, 0.3) is 5.89 Å². The van der Waals surface area contributed by atoms with Crippen molar-refractivity contribution in [2.75, 3.05) is 32.3 Å². The molecule has 3 aromatic rings. The Morgan fingerprint density at radius 3 is 2.59 bits per heavy atom. The summed E-state index contributed by atoms with van der Waals surface area (Å²) >= 11 is 0. The van der Waals surface area contributed by atoms with Crippen LogP contribution in [0.2, 0.25) is 0 Å². The van der Waals surface area contributed by atoms with Crippen molar-refractivity contribution in [2.24, 2.45) is 0 Å². The summed E-state index contributed by atoms with van der Waals surface area (Å²) in [7, 11) is 3.16. The molecule has 0 bridgehead atoms. The van der Waals surface area contributed by atoms with E-state index in [0.717, 1.165) is 24.2 Å². The molecule has 0 N–H and O–H groups in total. The summed E-state index contributed by atoms with van der Waals surface area (Å²) < 4.78 is 21.9. The standard InChI is InChI=1S/C24H27N3O5/c1-4-5-12-31-18-8-6-16(7-9-18)24-25-23(26-32-24)17-13-22(28)27(15-17)20-11-10-19(29-2)14-21(20)30-3/h6-11,14,17H,4-5,12-13,15H2,1-3H3. The molecule has 1 unspecified atom stereocenters. The van der Waals surface area contributed by atoms with Crippen LogP contribution in [0.4, 0.5) is 5.69 Å². The minimum absolute atomic E-state index is 0.0154. The Hall–Kier alpha value is -3.55. The van der Waals surface area contributed by atoms with E-state index in [1.807, 2.05) is 30.3 Å². The lowest BCUT2D eigenvalue weighted by molar-refractivity contribution is -0.117. The molecule has 1 fully saturated rings. The number of ether oxygens (including phenoxy) is 3. The minimum Gasteiger partial charge on any atom is -0.497 e. The third-order valence-corrected chi connectivity index (χ3v) is 5.48. The van der Waals surface area contributed by atoms with Crippen molar-refractivity contribution in [3.8, 4) is 28.7 Å². The molecule has 1 aliphatic heterocycles.